The van der Waals surface area contributed by atoms with Crippen molar-refractivity contribution in [1.29, 1.82) is 0 Å². The standard InChI is InChI=1S/C22H29N3OS/c1-16-17(2)23-18-9-14-25(13-7-12-24-10-4-3-5-11-24)22(26)21(18)20(16)19-8-6-15-27-19/h6,8-9,14-15,20,23H,3-5,7,10-13H2,1-2H3. The number of piperidine rings is 1. The fraction of sp³-hybridized carbons (Fsp3) is 0.500. The van der Waals surface area contributed by atoms with Crippen LogP contribution < -0.4 is 10.9 Å². The monoisotopic (exact) mass is 383 g/mol. The Morgan fingerprint density at radius 3 is 2.70 bits per heavy atom. The van der Waals surface area contributed by atoms with Crippen LogP contribution in [0.15, 0.2) is 45.8 Å². The van der Waals surface area contributed by atoms with E-state index in [2.05, 4.69) is 47.6 Å². The second kappa shape index (κ2) is 8.03. The van der Waals surface area contributed by atoms with Crippen molar-refractivity contribution in [1.82, 2.24) is 9.47 Å². The van der Waals surface area contributed by atoms with Crippen LogP contribution in [-0.4, -0.2) is 29.1 Å². The fourth-order valence-electron chi connectivity index (χ4n) is 4.35. The predicted octanol–water partition coefficient (Wildman–Crippen LogP) is 4.64. The van der Waals surface area contributed by atoms with Gasteiger partial charge in [-0.2, -0.15) is 0 Å². The maximum Gasteiger partial charge on any atom is 0.256 e. The van der Waals surface area contributed by atoms with E-state index in [0.717, 1.165) is 36.5 Å². The van der Waals surface area contributed by atoms with Crippen molar-refractivity contribution in [2.24, 2.45) is 0 Å². The first-order valence-electron chi connectivity index (χ1n) is 10.1. The quantitative estimate of drug-likeness (QED) is 0.817. The zero-order valence-corrected chi connectivity index (χ0v) is 17.1. The van der Waals surface area contributed by atoms with Crippen molar-refractivity contribution in [2.45, 2.75) is 52.0 Å². The van der Waals surface area contributed by atoms with E-state index in [1.54, 1.807) is 11.3 Å². The Balaban J connectivity index is 1.58. The largest absolute Gasteiger partial charge is 0.359 e. The number of thiophene rings is 1. The van der Waals surface area contributed by atoms with Gasteiger partial charge in [-0.1, -0.05) is 12.5 Å². The molecule has 4 heterocycles. The average molecular weight is 384 g/mol. The number of likely N-dealkylation sites (tertiary alicyclic amines) is 1. The van der Waals surface area contributed by atoms with Gasteiger partial charge in [-0.3, -0.25) is 4.79 Å². The number of rotatable bonds is 5. The third-order valence-electron chi connectivity index (χ3n) is 5.99. The summed E-state index contributed by atoms with van der Waals surface area (Å²) in [6, 6.07) is 6.30. The van der Waals surface area contributed by atoms with E-state index in [0.29, 0.717) is 0 Å². The lowest BCUT2D eigenvalue weighted by molar-refractivity contribution is 0.222. The highest BCUT2D eigenvalue weighted by molar-refractivity contribution is 7.10. The van der Waals surface area contributed by atoms with Crippen LogP contribution in [0, 0.1) is 0 Å². The molecule has 0 bridgehead atoms. The molecule has 2 aromatic rings. The molecular formula is C22H29N3OS. The first kappa shape index (κ1) is 18.5. The van der Waals surface area contributed by atoms with Crippen molar-refractivity contribution < 1.29 is 0 Å². The number of nitrogens with zero attached hydrogens (tertiary/aromatic N) is 2. The van der Waals surface area contributed by atoms with Gasteiger partial charge in [-0.15, -0.1) is 11.3 Å². The molecule has 1 unspecified atom stereocenters. The van der Waals surface area contributed by atoms with Gasteiger partial charge in [-0.05, 0) is 75.8 Å². The summed E-state index contributed by atoms with van der Waals surface area (Å²) in [6.07, 6.45) is 6.99. The van der Waals surface area contributed by atoms with Gasteiger partial charge in [0.2, 0.25) is 0 Å². The summed E-state index contributed by atoms with van der Waals surface area (Å²) in [5.74, 6) is 0.0725. The number of allylic oxidation sites excluding steroid dienone is 2. The molecule has 1 fully saturated rings. The number of hydrogen-bond acceptors (Lipinski definition) is 4. The van der Waals surface area contributed by atoms with Crippen LogP contribution in [0.1, 0.15) is 55.9 Å². The molecule has 1 N–H and O–H groups in total. The second-order valence-corrected chi connectivity index (χ2v) is 8.76. The van der Waals surface area contributed by atoms with E-state index in [-0.39, 0.29) is 11.5 Å². The van der Waals surface area contributed by atoms with Crippen molar-refractivity contribution in [3.63, 3.8) is 0 Å². The topological polar surface area (TPSA) is 37.3 Å². The Morgan fingerprint density at radius 2 is 1.96 bits per heavy atom. The number of aromatic nitrogens is 1. The van der Waals surface area contributed by atoms with E-state index in [1.165, 1.54) is 42.8 Å². The van der Waals surface area contributed by atoms with Crippen molar-refractivity contribution >= 4 is 17.0 Å². The predicted molar refractivity (Wildman–Crippen MR) is 114 cm³/mol. The maximum absolute atomic E-state index is 13.3. The zero-order valence-electron chi connectivity index (χ0n) is 16.3. The Morgan fingerprint density at radius 1 is 1.15 bits per heavy atom. The highest BCUT2D eigenvalue weighted by atomic mass is 32.1. The van der Waals surface area contributed by atoms with Gasteiger partial charge >= 0.3 is 0 Å². The molecule has 0 amide bonds. The fourth-order valence-corrected chi connectivity index (χ4v) is 5.25. The lowest BCUT2D eigenvalue weighted by Gasteiger charge is -2.29. The van der Waals surface area contributed by atoms with Crippen LogP contribution in [0.2, 0.25) is 0 Å². The number of aryl methyl sites for hydroxylation is 1. The molecular weight excluding hydrogens is 354 g/mol. The van der Waals surface area contributed by atoms with E-state index in [1.807, 2.05) is 10.8 Å². The van der Waals surface area contributed by atoms with E-state index in [4.69, 9.17) is 0 Å². The number of hydrogen-bond donors (Lipinski definition) is 1. The summed E-state index contributed by atoms with van der Waals surface area (Å²) in [4.78, 5) is 17.1. The van der Waals surface area contributed by atoms with E-state index < -0.39 is 0 Å². The van der Waals surface area contributed by atoms with Crippen LogP contribution in [0.25, 0.3) is 0 Å². The first-order valence-corrected chi connectivity index (χ1v) is 11.0. The van der Waals surface area contributed by atoms with Gasteiger partial charge in [0, 0.05) is 34.9 Å². The molecule has 0 radical (unpaired) electrons. The summed E-state index contributed by atoms with van der Waals surface area (Å²) in [5, 5.41) is 5.54. The third-order valence-corrected chi connectivity index (χ3v) is 6.92. The molecule has 0 spiro atoms. The summed E-state index contributed by atoms with van der Waals surface area (Å²) < 4.78 is 1.92. The normalized spacial score (nSPS) is 20.4. The molecule has 4 nitrogen and oxygen atoms in total. The summed E-state index contributed by atoms with van der Waals surface area (Å²) >= 11 is 1.73. The maximum atomic E-state index is 13.3. The molecule has 0 aliphatic carbocycles. The number of pyridine rings is 1. The molecule has 0 saturated carbocycles. The number of nitrogens with one attached hydrogen (secondary N) is 1. The first-order chi connectivity index (χ1) is 13.1. The molecule has 1 atom stereocenters. The molecule has 5 heteroatoms. The van der Waals surface area contributed by atoms with Gasteiger partial charge in [0.1, 0.15) is 0 Å². The SMILES string of the molecule is CC1=C(C)C(c2cccs2)c2c(ccn(CCCN3CCCCC3)c2=O)N1. The van der Waals surface area contributed by atoms with E-state index >= 15 is 0 Å². The summed E-state index contributed by atoms with van der Waals surface area (Å²) in [5.41, 5.74) is 4.43. The van der Waals surface area contributed by atoms with Gasteiger partial charge in [0.15, 0.2) is 0 Å². The number of fused-ring (bicyclic) bond motifs is 1. The minimum absolute atomic E-state index is 0.0725. The minimum Gasteiger partial charge on any atom is -0.359 e. The number of anilines is 1. The smallest absolute Gasteiger partial charge is 0.256 e. The molecule has 144 valence electrons. The van der Waals surface area contributed by atoms with Crippen molar-refractivity contribution in [2.75, 3.05) is 25.0 Å². The molecule has 2 aliphatic heterocycles. The van der Waals surface area contributed by atoms with Crippen LogP contribution >= 0.6 is 11.3 Å². The zero-order chi connectivity index (χ0) is 18.8. The Kier molecular flexibility index (Phi) is 5.50. The Labute approximate surface area is 165 Å². The van der Waals surface area contributed by atoms with Gasteiger partial charge in [-0.25, -0.2) is 0 Å². The van der Waals surface area contributed by atoms with Crippen LogP contribution in [0.3, 0.4) is 0 Å². The lowest BCUT2D eigenvalue weighted by Crippen LogP contribution is -2.33. The molecule has 4 rings (SSSR count). The van der Waals surface area contributed by atoms with Crippen molar-refractivity contribution in [3.05, 3.63) is 61.8 Å². The molecule has 2 aliphatic rings. The minimum atomic E-state index is 0.0725. The summed E-state index contributed by atoms with van der Waals surface area (Å²) in [7, 11) is 0. The molecule has 27 heavy (non-hydrogen) atoms. The molecule has 1 saturated heterocycles. The lowest BCUT2D eigenvalue weighted by atomic mass is 9.86. The summed E-state index contributed by atoms with van der Waals surface area (Å²) in [6.45, 7) is 8.56. The third kappa shape index (κ3) is 3.76. The van der Waals surface area contributed by atoms with Crippen molar-refractivity contribution in [3.8, 4) is 0 Å². The highest BCUT2D eigenvalue weighted by Crippen LogP contribution is 2.41. The Hall–Kier alpha value is -1.85. The van der Waals surface area contributed by atoms with Gasteiger partial charge < -0.3 is 14.8 Å². The van der Waals surface area contributed by atoms with Gasteiger partial charge in [0.25, 0.3) is 5.56 Å². The second-order valence-electron chi connectivity index (χ2n) is 7.78. The highest BCUT2D eigenvalue weighted by Gasteiger charge is 2.29. The van der Waals surface area contributed by atoms with Crippen LogP contribution in [-0.2, 0) is 6.54 Å². The van der Waals surface area contributed by atoms with Crippen LogP contribution in [0.5, 0.6) is 0 Å². The molecule has 0 aromatic carbocycles. The van der Waals surface area contributed by atoms with Crippen LogP contribution in [0.4, 0.5) is 5.69 Å². The average Bonchev–Trinajstić information content (AvgIpc) is 3.20. The van der Waals surface area contributed by atoms with E-state index in [9.17, 15) is 4.79 Å². The van der Waals surface area contributed by atoms with Gasteiger partial charge in [0.05, 0.1) is 5.56 Å². The molecule has 2 aromatic heterocycles. The Bertz CT molecular complexity index is 875.